The number of ketones is 1. The highest BCUT2D eigenvalue weighted by Crippen LogP contribution is 2.77. The first-order chi connectivity index (χ1) is 15.1. The summed E-state index contributed by atoms with van der Waals surface area (Å²) < 4.78 is 12.8. The second-order valence-electron chi connectivity index (χ2n) is 11.4. The maximum atomic E-state index is 13.6. The van der Waals surface area contributed by atoms with Crippen LogP contribution in [0.4, 0.5) is 0 Å². The van der Waals surface area contributed by atoms with Crippen molar-refractivity contribution in [1.29, 1.82) is 0 Å². The molecule has 0 N–H and O–H groups in total. The highest BCUT2D eigenvalue weighted by molar-refractivity contribution is 5.85. The largest absolute Gasteiger partial charge is 0.458 e. The molecule has 3 saturated carbocycles. The standard InChI is InChI=1S/C25H33NO6/c1-22-8-5-15(27)11-14(22)12-16(21(29)26(3)30-4)20-17-6-9-24(10-7-19(28)32-24)23(17,2)13-18-25(20,22)31-18/h12,16-18,20H,5-11,13H2,1-4H3/t16-,17?,18-,20?,22+,23+,24-,25-/m1/s1. The number of hydrogen-bond donors (Lipinski definition) is 0. The second kappa shape index (κ2) is 6.23. The molecule has 4 aliphatic carbocycles. The number of esters is 1. The monoisotopic (exact) mass is 443 g/mol. The van der Waals surface area contributed by atoms with E-state index >= 15 is 0 Å². The maximum absolute atomic E-state index is 13.6. The molecule has 2 aliphatic heterocycles. The Morgan fingerprint density at radius 1 is 1.19 bits per heavy atom. The van der Waals surface area contributed by atoms with Crippen molar-refractivity contribution in [3.05, 3.63) is 11.6 Å². The lowest BCUT2D eigenvalue weighted by atomic mass is 9.44. The Bertz CT molecular complexity index is 960. The van der Waals surface area contributed by atoms with Crippen LogP contribution >= 0.6 is 0 Å². The molecule has 2 unspecified atom stereocenters. The van der Waals surface area contributed by atoms with Crippen LogP contribution in [0.5, 0.6) is 0 Å². The minimum absolute atomic E-state index is 0.0167. The van der Waals surface area contributed by atoms with Crippen LogP contribution in [-0.4, -0.2) is 54.2 Å². The molecule has 2 heterocycles. The number of fused-ring (bicyclic) bond motifs is 4. The van der Waals surface area contributed by atoms with Crippen LogP contribution in [0.25, 0.3) is 0 Å². The zero-order chi connectivity index (χ0) is 22.7. The van der Waals surface area contributed by atoms with E-state index in [0.29, 0.717) is 19.3 Å². The number of nitrogens with zero attached hydrogens (tertiary/aromatic N) is 1. The normalized spacial score (nSPS) is 50.7. The Morgan fingerprint density at radius 3 is 2.66 bits per heavy atom. The number of hydrogen-bond acceptors (Lipinski definition) is 6. The van der Waals surface area contributed by atoms with Crippen molar-refractivity contribution in [2.24, 2.45) is 28.6 Å². The molecule has 7 heteroatoms. The summed E-state index contributed by atoms with van der Waals surface area (Å²) in [5.74, 6) is -0.167. The summed E-state index contributed by atoms with van der Waals surface area (Å²) in [5, 5.41) is 1.31. The molecule has 2 saturated heterocycles. The Balaban J connectivity index is 1.50. The van der Waals surface area contributed by atoms with E-state index in [4.69, 9.17) is 14.3 Å². The van der Waals surface area contributed by atoms with Gasteiger partial charge in [0.2, 0.25) is 0 Å². The van der Waals surface area contributed by atoms with Gasteiger partial charge < -0.3 is 9.47 Å². The minimum Gasteiger partial charge on any atom is -0.458 e. The molecule has 8 atom stereocenters. The van der Waals surface area contributed by atoms with Gasteiger partial charge in [0.05, 0.1) is 19.1 Å². The fourth-order valence-electron chi connectivity index (χ4n) is 8.77. The maximum Gasteiger partial charge on any atom is 0.306 e. The molecule has 174 valence electrons. The lowest BCUT2D eigenvalue weighted by Crippen LogP contribution is -2.63. The van der Waals surface area contributed by atoms with Gasteiger partial charge in [-0.3, -0.25) is 19.2 Å². The number of rotatable bonds is 2. The molecule has 0 radical (unpaired) electrons. The second-order valence-corrected chi connectivity index (χ2v) is 11.4. The molecule has 7 nitrogen and oxygen atoms in total. The summed E-state index contributed by atoms with van der Waals surface area (Å²) in [5.41, 5.74) is -0.252. The predicted octanol–water partition coefficient (Wildman–Crippen LogP) is 2.97. The van der Waals surface area contributed by atoms with Crippen molar-refractivity contribution in [3.8, 4) is 0 Å². The molecule has 0 aromatic carbocycles. The SMILES string of the molecule is CON(C)C(=O)[C@@H]1C=C2CC(=O)CC[C@]2(C)[C@@]23O[C@@H]2C[C@@]2(C)C(CC[C@@]24CCC(=O)O4)C13. The summed E-state index contributed by atoms with van der Waals surface area (Å²) >= 11 is 0. The number of carbonyl (C=O) groups excluding carboxylic acids is 3. The first-order valence-electron chi connectivity index (χ1n) is 12.1. The molecule has 2 spiro atoms. The number of epoxide rings is 1. The third kappa shape index (κ3) is 2.22. The average Bonchev–Trinajstić information content (AvgIpc) is 3.25. The zero-order valence-corrected chi connectivity index (χ0v) is 19.4. The molecule has 0 bridgehead atoms. The van der Waals surface area contributed by atoms with Crippen LogP contribution in [0.2, 0.25) is 0 Å². The molecule has 1 amide bonds. The van der Waals surface area contributed by atoms with Gasteiger partial charge in [-0.2, -0.15) is 0 Å². The van der Waals surface area contributed by atoms with Gasteiger partial charge in [0.25, 0.3) is 5.91 Å². The number of Topliss-reactive ketones (excluding diaryl/α,β-unsaturated/α-hetero) is 1. The Hall–Kier alpha value is -1.73. The molecular formula is C25H33NO6. The van der Waals surface area contributed by atoms with Gasteiger partial charge in [-0.1, -0.05) is 25.5 Å². The molecule has 0 aromatic rings. The van der Waals surface area contributed by atoms with E-state index in [1.807, 2.05) is 0 Å². The molecule has 32 heavy (non-hydrogen) atoms. The summed E-state index contributed by atoms with van der Waals surface area (Å²) in [6.45, 7) is 4.52. The first-order valence-corrected chi connectivity index (χ1v) is 12.1. The molecule has 6 rings (SSSR count). The van der Waals surface area contributed by atoms with Crippen LogP contribution < -0.4 is 0 Å². The van der Waals surface area contributed by atoms with Crippen LogP contribution in [0.3, 0.4) is 0 Å². The summed E-state index contributed by atoms with van der Waals surface area (Å²) in [4.78, 5) is 43.5. The first kappa shape index (κ1) is 20.8. The summed E-state index contributed by atoms with van der Waals surface area (Å²) in [6.07, 6.45) is 7.71. The van der Waals surface area contributed by atoms with Crippen molar-refractivity contribution < 1.29 is 28.7 Å². The van der Waals surface area contributed by atoms with Gasteiger partial charge in [-0.25, -0.2) is 5.06 Å². The highest BCUT2D eigenvalue weighted by Gasteiger charge is 2.83. The quantitative estimate of drug-likeness (QED) is 0.282. The average molecular weight is 444 g/mol. The van der Waals surface area contributed by atoms with Gasteiger partial charge in [0.15, 0.2) is 0 Å². The predicted molar refractivity (Wildman–Crippen MR) is 113 cm³/mol. The molecule has 5 fully saturated rings. The van der Waals surface area contributed by atoms with E-state index in [9.17, 15) is 14.4 Å². The van der Waals surface area contributed by atoms with E-state index in [-0.39, 0.29) is 46.4 Å². The minimum atomic E-state index is -0.443. The fraction of sp³-hybridized carbons (Fsp3) is 0.800. The lowest BCUT2D eigenvalue weighted by Gasteiger charge is -2.58. The smallest absolute Gasteiger partial charge is 0.306 e. The Morgan fingerprint density at radius 2 is 1.97 bits per heavy atom. The molecule has 6 aliphatic rings. The van der Waals surface area contributed by atoms with Crippen molar-refractivity contribution in [1.82, 2.24) is 5.06 Å². The van der Waals surface area contributed by atoms with Gasteiger partial charge >= 0.3 is 5.97 Å². The lowest BCUT2D eigenvalue weighted by molar-refractivity contribution is -0.182. The van der Waals surface area contributed by atoms with E-state index < -0.39 is 17.1 Å². The third-order valence-corrected chi connectivity index (χ3v) is 10.6. The molecule has 0 aromatic heterocycles. The van der Waals surface area contributed by atoms with Gasteiger partial charge in [-0.05, 0) is 38.0 Å². The Kier molecular flexibility index (Phi) is 4.06. The van der Waals surface area contributed by atoms with Gasteiger partial charge in [0, 0.05) is 43.1 Å². The van der Waals surface area contributed by atoms with E-state index in [0.717, 1.165) is 37.7 Å². The van der Waals surface area contributed by atoms with E-state index in [1.54, 1.807) is 7.05 Å². The van der Waals surface area contributed by atoms with Crippen molar-refractivity contribution in [2.45, 2.75) is 82.5 Å². The number of hydroxylamine groups is 2. The molecular weight excluding hydrogens is 410 g/mol. The number of ether oxygens (including phenoxy) is 2. The van der Waals surface area contributed by atoms with Gasteiger partial charge in [-0.15, -0.1) is 0 Å². The Labute approximate surface area is 188 Å². The number of carbonyl (C=O) groups is 3. The van der Waals surface area contributed by atoms with Crippen molar-refractivity contribution >= 4 is 17.7 Å². The van der Waals surface area contributed by atoms with Crippen LogP contribution in [0.1, 0.15) is 65.2 Å². The van der Waals surface area contributed by atoms with E-state index in [2.05, 4.69) is 19.9 Å². The van der Waals surface area contributed by atoms with Crippen molar-refractivity contribution in [3.63, 3.8) is 0 Å². The van der Waals surface area contributed by atoms with Gasteiger partial charge in [0.1, 0.15) is 17.0 Å². The van der Waals surface area contributed by atoms with Crippen LogP contribution in [0, 0.1) is 28.6 Å². The van der Waals surface area contributed by atoms with E-state index in [1.165, 1.54) is 12.2 Å². The summed E-state index contributed by atoms with van der Waals surface area (Å²) in [7, 11) is 3.15. The fourth-order valence-corrected chi connectivity index (χ4v) is 8.77. The zero-order valence-electron chi connectivity index (χ0n) is 19.4. The third-order valence-electron chi connectivity index (χ3n) is 10.6. The van der Waals surface area contributed by atoms with Crippen LogP contribution in [-0.2, 0) is 28.7 Å². The van der Waals surface area contributed by atoms with Crippen molar-refractivity contribution in [2.75, 3.05) is 14.2 Å². The topological polar surface area (TPSA) is 85.4 Å². The van der Waals surface area contributed by atoms with Crippen LogP contribution in [0.15, 0.2) is 11.6 Å². The number of amides is 1. The highest BCUT2D eigenvalue weighted by atomic mass is 16.7. The summed E-state index contributed by atoms with van der Waals surface area (Å²) in [6, 6.07) is 0.